The van der Waals surface area contributed by atoms with Crippen molar-refractivity contribution in [2.45, 2.75) is 26.7 Å². The highest BCUT2D eigenvalue weighted by Gasteiger charge is 2.49. The number of carbonyl (C=O) groups is 2. The number of carboxylic acids is 1. The van der Waals surface area contributed by atoms with Gasteiger partial charge in [-0.1, -0.05) is 13.8 Å². The van der Waals surface area contributed by atoms with Gasteiger partial charge in [0.2, 0.25) is 0 Å². The van der Waals surface area contributed by atoms with Crippen LogP contribution in [0, 0.1) is 11.3 Å². The molecule has 0 heterocycles. The highest BCUT2D eigenvalue weighted by Crippen LogP contribution is 2.42. The molecule has 1 aliphatic carbocycles. The lowest BCUT2D eigenvalue weighted by Gasteiger charge is -2.35. The van der Waals surface area contributed by atoms with E-state index in [4.69, 9.17) is 5.11 Å². The van der Waals surface area contributed by atoms with Gasteiger partial charge in [-0.3, -0.25) is 9.59 Å². The second-order valence-corrected chi connectivity index (χ2v) is 3.73. The van der Waals surface area contributed by atoms with Crippen LogP contribution in [0.3, 0.4) is 0 Å². The van der Waals surface area contributed by atoms with Gasteiger partial charge in [0.05, 0.1) is 0 Å². The lowest BCUT2D eigenvalue weighted by molar-refractivity contribution is -0.152. The highest BCUT2D eigenvalue weighted by atomic mass is 16.4. The molecule has 1 rings (SSSR count). The number of hydrogen-bond donors (Lipinski definition) is 2. The first kappa shape index (κ1) is 10.8. The summed E-state index contributed by atoms with van der Waals surface area (Å²) in [5, 5.41) is 18.7. The van der Waals surface area contributed by atoms with Gasteiger partial charge >= 0.3 is 5.97 Å². The van der Waals surface area contributed by atoms with E-state index < -0.39 is 11.4 Å². The number of hydrogen-bond acceptors (Lipinski definition) is 3. The molecule has 0 saturated carbocycles. The molecule has 2 unspecified atom stereocenters. The van der Waals surface area contributed by atoms with Crippen LogP contribution in [0.15, 0.2) is 11.8 Å². The maximum absolute atomic E-state index is 11.1. The molecule has 0 fully saturated rings. The fourth-order valence-electron chi connectivity index (χ4n) is 2.07. The van der Waals surface area contributed by atoms with Crippen molar-refractivity contribution >= 4 is 11.8 Å². The number of rotatable bonds is 2. The van der Waals surface area contributed by atoms with Crippen molar-refractivity contribution in [2.75, 3.05) is 0 Å². The second kappa shape index (κ2) is 3.44. The number of aliphatic carboxylic acids is 1. The summed E-state index contributed by atoms with van der Waals surface area (Å²) in [6.45, 7) is 3.38. The van der Waals surface area contributed by atoms with Gasteiger partial charge in [0, 0.05) is 12.5 Å². The molecule has 78 valence electrons. The van der Waals surface area contributed by atoms with Crippen LogP contribution in [0.2, 0.25) is 0 Å². The predicted octanol–water partition coefficient (Wildman–Crippen LogP) is 1.52. The van der Waals surface area contributed by atoms with Gasteiger partial charge in [-0.2, -0.15) is 0 Å². The normalized spacial score (nSPS) is 32.6. The molecule has 0 saturated heterocycles. The van der Waals surface area contributed by atoms with E-state index in [2.05, 4.69) is 0 Å². The molecule has 0 aromatic rings. The molecule has 0 aromatic heterocycles. The zero-order chi connectivity index (χ0) is 10.9. The second-order valence-electron chi connectivity index (χ2n) is 3.73. The number of ketones is 1. The third-order valence-corrected chi connectivity index (χ3v) is 3.04. The van der Waals surface area contributed by atoms with E-state index in [0.717, 1.165) is 6.08 Å². The summed E-state index contributed by atoms with van der Waals surface area (Å²) < 4.78 is 0. The van der Waals surface area contributed by atoms with Gasteiger partial charge in [-0.25, -0.2) is 0 Å². The Morgan fingerprint density at radius 2 is 2.29 bits per heavy atom. The molecule has 0 aromatic carbocycles. The van der Waals surface area contributed by atoms with Gasteiger partial charge in [0.15, 0.2) is 5.78 Å². The minimum Gasteiger partial charge on any atom is -0.511 e. The fraction of sp³-hybridized carbons (Fsp3) is 0.600. The van der Waals surface area contributed by atoms with Gasteiger partial charge in [0.25, 0.3) is 0 Å². The molecular formula is C10H14O4. The number of carboxylic acid groups (broad SMARTS) is 1. The Balaban J connectivity index is 3.23. The fourth-order valence-corrected chi connectivity index (χ4v) is 2.07. The summed E-state index contributed by atoms with van der Waals surface area (Å²) in [5.41, 5.74) is -1.27. The molecule has 0 spiro atoms. The van der Waals surface area contributed by atoms with Crippen molar-refractivity contribution in [1.29, 1.82) is 0 Å². The number of carbonyl (C=O) groups excluding carboxylic acids is 1. The zero-order valence-corrected chi connectivity index (χ0v) is 8.28. The maximum Gasteiger partial charge on any atom is 0.317 e. The number of aliphatic hydroxyl groups excluding tert-OH is 1. The maximum atomic E-state index is 11.1. The molecule has 0 aliphatic heterocycles. The molecule has 0 amide bonds. The molecular weight excluding hydrogens is 184 g/mol. The summed E-state index contributed by atoms with van der Waals surface area (Å²) in [7, 11) is 0. The molecule has 2 N–H and O–H groups in total. The largest absolute Gasteiger partial charge is 0.511 e. The molecule has 0 bridgehead atoms. The van der Waals surface area contributed by atoms with Crippen LogP contribution in [-0.2, 0) is 9.59 Å². The SMILES string of the molecule is CCC1(C(=O)O)C(O)=CC(=O)CC1C. The van der Waals surface area contributed by atoms with Crippen LogP contribution in [-0.4, -0.2) is 22.0 Å². The van der Waals surface area contributed by atoms with Crippen LogP contribution in [0.5, 0.6) is 0 Å². The van der Waals surface area contributed by atoms with Crippen molar-refractivity contribution in [3.8, 4) is 0 Å². The Hall–Kier alpha value is -1.32. The first-order valence-corrected chi connectivity index (χ1v) is 4.62. The third kappa shape index (κ3) is 1.31. The topological polar surface area (TPSA) is 74.6 Å². The van der Waals surface area contributed by atoms with Gasteiger partial charge in [0.1, 0.15) is 11.2 Å². The van der Waals surface area contributed by atoms with Crippen molar-refractivity contribution in [3.05, 3.63) is 11.8 Å². The first-order valence-electron chi connectivity index (χ1n) is 4.62. The summed E-state index contributed by atoms with van der Waals surface area (Å²) >= 11 is 0. The van der Waals surface area contributed by atoms with Crippen LogP contribution < -0.4 is 0 Å². The zero-order valence-electron chi connectivity index (χ0n) is 8.28. The van der Waals surface area contributed by atoms with Crippen LogP contribution in [0.25, 0.3) is 0 Å². The van der Waals surface area contributed by atoms with Crippen LogP contribution in [0.4, 0.5) is 0 Å². The predicted molar refractivity (Wildman–Crippen MR) is 49.9 cm³/mol. The van der Waals surface area contributed by atoms with Gasteiger partial charge in [-0.05, 0) is 12.3 Å². The van der Waals surface area contributed by atoms with E-state index in [1.807, 2.05) is 0 Å². The highest BCUT2D eigenvalue weighted by molar-refractivity contribution is 5.94. The van der Waals surface area contributed by atoms with E-state index in [0.29, 0.717) is 6.42 Å². The first-order chi connectivity index (χ1) is 6.45. The average molecular weight is 198 g/mol. The summed E-state index contributed by atoms with van der Waals surface area (Å²) in [6, 6.07) is 0. The Labute approximate surface area is 82.2 Å². The third-order valence-electron chi connectivity index (χ3n) is 3.04. The van der Waals surface area contributed by atoms with Crippen molar-refractivity contribution < 1.29 is 19.8 Å². The minimum atomic E-state index is -1.27. The van der Waals surface area contributed by atoms with Crippen molar-refractivity contribution in [3.63, 3.8) is 0 Å². The van der Waals surface area contributed by atoms with Crippen molar-refractivity contribution in [2.24, 2.45) is 11.3 Å². The Kier molecular flexibility index (Phi) is 2.64. The van der Waals surface area contributed by atoms with E-state index in [-0.39, 0.29) is 23.9 Å². The molecule has 1 aliphatic rings. The van der Waals surface area contributed by atoms with E-state index in [9.17, 15) is 14.7 Å². The lowest BCUT2D eigenvalue weighted by Crippen LogP contribution is -2.42. The lowest BCUT2D eigenvalue weighted by atomic mass is 9.67. The van der Waals surface area contributed by atoms with E-state index >= 15 is 0 Å². The molecule has 14 heavy (non-hydrogen) atoms. The molecule has 2 atom stereocenters. The molecule has 4 nitrogen and oxygen atoms in total. The van der Waals surface area contributed by atoms with Crippen LogP contribution >= 0.6 is 0 Å². The summed E-state index contributed by atoms with van der Waals surface area (Å²) in [6.07, 6.45) is 1.51. The van der Waals surface area contributed by atoms with E-state index in [1.165, 1.54) is 0 Å². The standard InChI is InChI=1S/C10H14O4/c1-3-10(9(13)14)6(2)4-7(11)5-8(10)12/h5-6,12H,3-4H2,1-2H3,(H,13,14). The smallest absolute Gasteiger partial charge is 0.317 e. The monoisotopic (exact) mass is 198 g/mol. The van der Waals surface area contributed by atoms with Gasteiger partial charge < -0.3 is 10.2 Å². The Morgan fingerprint density at radius 1 is 1.71 bits per heavy atom. The minimum absolute atomic E-state index is 0.185. The number of aliphatic hydroxyl groups is 1. The quantitative estimate of drug-likeness (QED) is 0.705. The van der Waals surface area contributed by atoms with Gasteiger partial charge in [-0.15, -0.1) is 0 Å². The number of allylic oxidation sites excluding steroid dienone is 1. The van der Waals surface area contributed by atoms with Crippen LogP contribution in [0.1, 0.15) is 26.7 Å². The Morgan fingerprint density at radius 3 is 2.64 bits per heavy atom. The summed E-state index contributed by atoms with van der Waals surface area (Å²) in [5.74, 6) is -1.94. The Bertz CT molecular complexity index is 305. The van der Waals surface area contributed by atoms with E-state index in [1.54, 1.807) is 13.8 Å². The molecule has 4 heteroatoms. The van der Waals surface area contributed by atoms with Crippen molar-refractivity contribution in [1.82, 2.24) is 0 Å². The molecule has 0 radical (unpaired) electrons. The average Bonchev–Trinajstić information content (AvgIpc) is 2.03. The summed E-state index contributed by atoms with van der Waals surface area (Å²) in [4.78, 5) is 22.2.